The van der Waals surface area contributed by atoms with Gasteiger partial charge in [0.1, 0.15) is 5.82 Å². The maximum Gasteiger partial charge on any atom is 0.123 e. The molecule has 1 N–H and O–H groups in total. The third-order valence-electron chi connectivity index (χ3n) is 3.13. The highest BCUT2D eigenvalue weighted by atomic mass is 35.5. The van der Waals surface area contributed by atoms with Gasteiger partial charge in [0.05, 0.1) is 10.4 Å². The van der Waals surface area contributed by atoms with E-state index in [9.17, 15) is 4.39 Å². The van der Waals surface area contributed by atoms with Crippen LogP contribution in [0.3, 0.4) is 0 Å². The summed E-state index contributed by atoms with van der Waals surface area (Å²) in [7, 11) is 0. The molecule has 108 valence electrons. The Kier molecular flexibility index (Phi) is 4.70. The Labute approximate surface area is 136 Å². The highest BCUT2D eigenvalue weighted by molar-refractivity contribution is 7.16. The lowest BCUT2D eigenvalue weighted by atomic mass is 10.1. The molecule has 0 saturated heterocycles. The molecule has 1 unspecified atom stereocenters. The summed E-state index contributed by atoms with van der Waals surface area (Å²) in [6, 6.07) is 14.8. The van der Waals surface area contributed by atoms with Crippen molar-refractivity contribution in [2.75, 3.05) is 0 Å². The van der Waals surface area contributed by atoms with Crippen LogP contribution in [-0.4, -0.2) is 0 Å². The largest absolute Gasteiger partial charge is 0.301 e. The molecule has 1 aromatic carbocycles. The average molecular weight is 338 g/mol. The van der Waals surface area contributed by atoms with Gasteiger partial charge in [-0.3, -0.25) is 0 Å². The van der Waals surface area contributed by atoms with Crippen LogP contribution in [0.2, 0.25) is 4.34 Å². The zero-order valence-electron chi connectivity index (χ0n) is 11.1. The molecular weight excluding hydrogens is 325 g/mol. The molecule has 0 aliphatic carbocycles. The van der Waals surface area contributed by atoms with E-state index in [0.717, 1.165) is 9.90 Å². The number of hydrogen-bond acceptors (Lipinski definition) is 3. The Morgan fingerprint density at radius 3 is 2.48 bits per heavy atom. The summed E-state index contributed by atoms with van der Waals surface area (Å²) >= 11 is 9.35. The molecule has 2 aromatic heterocycles. The minimum atomic E-state index is -0.210. The lowest BCUT2D eigenvalue weighted by molar-refractivity contribution is 0.612. The Morgan fingerprint density at radius 1 is 1.05 bits per heavy atom. The van der Waals surface area contributed by atoms with E-state index >= 15 is 0 Å². The van der Waals surface area contributed by atoms with Crippen molar-refractivity contribution in [1.29, 1.82) is 0 Å². The Balaban J connectivity index is 1.78. The van der Waals surface area contributed by atoms with Crippen LogP contribution in [0.4, 0.5) is 4.39 Å². The maximum absolute atomic E-state index is 12.9. The molecule has 21 heavy (non-hydrogen) atoms. The number of hydrogen-bond donors (Lipinski definition) is 1. The van der Waals surface area contributed by atoms with Crippen LogP contribution >= 0.6 is 34.3 Å². The Hall–Kier alpha value is -1.20. The van der Waals surface area contributed by atoms with Crippen LogP contribution in [0.1, 0.15) is 21.4 Å². The van der Waals surface area contributed by atoms with Gasteiger partial charge in [-0.05, 0) is 41.3 Å². The minimum Gasteiger partial charge on any atom is -0.301 e. The van der Waals surface area contributed by atoms with Gasteiger partial charge in [0, 0.05) is 16.3 Å². The lowest BCUT2D eigenvalue weighted by Gasteiger charge is -2.16. The quantitative estimate of drug-likeness (QED) is 0.650. The number of halogens is 2. The second kappa shape index (κ2) is 6.71. The van der Waals surface area contributed by atoms with Crippen molar-refractivity contribution in [3.8, 4) is 0 Å². The molecule has 0 aliphatic heterocycles. The topological polar surface area (TPSA) is 12.0 Å². The SMILES string of the molecule is Fc1ccc(CNC(c2cccs2)c2ccc(Cl)s2)cc1. The monoisotopic (exact) mass is 337 g/mol. The van der Waals surface area contributed by atoms with E-state index in [1.54, 1.807) is 34.8 Å². The average Bonchev–Trinajstić information content (AvgIpc) is 3.13. The van der Waals surface area contributed by atoms with Crippen LogP contribution in [0.25, 0.3) is 0 Å². The fourth-order valence-electron chi connectivity index (χ4n) is 2.10. The summed E-state index contributed by atoms with van der Waals surface area (Å²) in [6.07, 6.45) is 0. The molecule has 1 atom stereocenters. The van der Waals surface area contributed by atoms with Crippen LogP contribution in [0.5, 0.6) is 0 Å². The zero-order valence-corrected chi connectivity index (χ0v) is 13.4. The highest BCUT2D eigenvalue weighted by Crippen LogP contribution is 2.33. The molecule has 0 radical (unpaired) electrons. The Bertz CT molecular complexity index is 691. The van der Waals surface area contributed by atoms with E-state index in [2.05, 4.69) is 22.8 Å². The smallest absolute Gasteiger partial charge is 0.123 e. The highest BCUT2D eigenvalue weighted by Gasteiger charge is 2.16. The van der Waals surface area contributed by atoms with Crippen molar-refractivity contribution in [2.24, 2.45) is 0 Å². The van der Waals surface area contributed by atoms with E-state index in [-0.39, 0.29) is 11.9 Å². The summed E-state index contributed by atoms with van der Waals surface area (Å²) < 4.78 is 13.7. The van der Waals surface area contributed by atoms with Crippen LogP contribution < -0.4 is 5.32 Å². The molecule has 0 bridgehead atoms. The first-order valence-corrected chi connectivity index (χ1v) is 8.56. The van der Waals surface area contributed by atoms with Gasteiger partial charge in [-0.15, -0.1) is 22.7 Å². The molecule has 3 aromatic rings. The first-order valence-electron chi connectivity index (χ1n) is 6.49. The van der Waals surface area contributed by atoms with Gasteiger partial charge >= 0.3 is 0 Å². The molecule has 3 rings (SSSR count). The van der Waals surface area contributed by atoms with Gasteiger partial charge in [0.2, 0.25) is 0 Å². The van der Waals surface area contributed by atoms with Crippen molar-refractivity contribution >= 4 is 34.3 Å². The number of benzene rings is 1. The minimum absolute atomic E-state index is 0.118. The first kappa shape index (κ1) is 14.7. The van der Waals surface area contributed by atoms with Crippen molar-refractivity contribution in [3.05, 3.63) is 79.4 Å². The third-order valence-corrected chi connectivity index (χ3v) is 5.36. The summed E-state index contributed by atoms with van der Waals surface area (Å²) in [6.45, 7) is 0.679. The van der Waals surface area contributed by atoms with Gasteiger partial charge in [-0.2, -0.15) is 0 Å². The van der Waals surface area contributed by atoms with Gasteiger partial charge in [-0.1, -0.05) is 29.8 Å². The van der Waals surface area contributed by atoms with E-state index in [1.165, 1.54) is 21.9 Å². The summed E-state index contributed by atoms with van der Waals surface area (Å²) in [5, 5.41) is 5.59. The predicted octanol–water partition coefficient (Wildman–Crippen LogP) is 5.48. The van der Waals surface area contributed by atoms with Crippen molar-refractivity contribution in [3.63, 3.8) is 0 Å². The normalized spacial score (nSPS) is 12.5. The zero-order chi connectivity index (χ0) is 14.7. The molecular formula is C16H13ClFNS2. The molecule has 0 fully saturated rings. The first-order chi connectivity index (χ1) is 10.2. The number of rotatable bonds is 5. The number of nitrogens with one attached hydrogen (secondary N) is 1. The van der Waals surface area contributed by atoms with Gasteiger partial charge in [0.25, 0.3) is 0 Å². The molecule has 0 aliphatic rings. The fourth-order valence-corrected chi connectivity index (χ4v) is 4.15. The van der Waals surface area contributed by atoms with E-state index in [4.69, 9.17) is 11.6 Å². The van der Waals surface area contributed by atoms with E-state index in [1.807, 2.05) is 12.1 Å². The predicted molar refractivity (Wildman–Crippen MR) is 88.7 cm³/mol. The summed E-state index contributed by atoms with van der Waals surface area (Å²) in [5.41, 5.74) is 1.06. The standard InChI is InChI=1S/C16H13ClFNS2/c17-15-8-7-14(21-15)16(13-2-1-9-20-13)19-10-11-3-5-12(18)6-4-11/h1-9,16,19H,10H2. The second-order valence-corrected chi connectivity index (χ2v) is 7.32. The van der Waals surface area contributed by atoms with Gasteiger partial charge < -0.3 is 5.32 Å². The summed E-state index contributed by atoms with van der Waals surface area (Å²) in [5.74, 6) is -0.210. The van der Waals surface area contributed by atoms with Crippen LogP contribution in [0, 0.1) is 5.82 Å². The fraction of sp³-hybridized carbons (Fsp3) is 0.125. The Morgan fingerprint density at radius 2 is 1.86 bits per heavy atom. The van der Waals surface area contributed by atoms with Gasteiger partial charge in [0.15, 0.2) is 0 Å². The van der Waals surface area contributed by atoms with Crippen molar-refractivity contribution < 1.29 is 4.39 Å². The third kappa shape index (κ3) is 3.71. The lowest BCUT2D eigenvalue weighted by Crippen LogP contribution is -2.20. The van der Waals surface area contributed by atoms with Gasteiger partial charge in [-0.25, -0.2) is 4.39 Å². The molecule has 0 amide bonds. The van der Waals surface area contributed by atoms with E-state index in [0.29, 0.717) is 6.54 Å². The number of thiophene rings is 2. The summed E-state index contributed by atoms with van der Waals surface area (Å²) in [4.78, 5) is 2.43. The molecule has 2 heterocycles. The molecule has 5 heteroatoms. The van der Waals surface area contributed by atoms with Crippen molar-refractivity contribution in [2.45, 2.75) is 12.6 Å². The molecule has 0 saturated carbocycles. The van der Waals surface area contributed by atoms with Crippen LogP contribution in [0.15, 0.2) is 53.9 Å². The molecule has 0 spiro atoms. The van der Waals surface area contributed by atoms with Crippen LogP contribution in [-0.2, 0) is 6.54 Å². The van der Waals surface area contributed by atoms with Crippen molar-refractivity contribution in [1.82, 2.24) is 5.32 Å². The van der Waals surface area contributed by atoms with E-state index < -0.39 is 0 Å². The second-order valence-electron chi connectivity index (χ2n) is 4.60. The maximum atomic E-state index is 12.9. The molecule has 1 nitrogen and oxygen atoms in total.